The van der Waals surface area contributed by atoms with Crippen LogP contribution in [0.25, 0.3) is 27.7 Å². The highest BCUT2D eigenvalue weighted by Gasteiger charge is 2.21. The molecule has 0 unspecified atom stereocenters. The quantitative estimate of drug-likeness (QED) is 0.552. The number of pyridine rings is 1. The van der Waals surface area contributed by atoms with E-state index >= 15 is 0 Å². The van der Waals surface area contributed by atoms with E-state index in [0.29, 0.717) is 11.1 Å². The van der Waals surface area contributed by atoms with Crippen LogP contribution >= 0.6 is 0 Å². The fraction of sp³-hybridized carbons (Fsp3) is 0.0526. The Morgan fingerprint density at radius 2 is 1.69 bits per heavy atom. The van der Waals surface area contributed by atoms with Gasteiger partial charge in [-0.15, -0.1) is 0 Å². The third-order valence-corrected chi connectivity index (χ3v) is 3.90. The Balaban J connectivity index is 2.39. The number of benzene rings is 2. The maximum atomic E-state index is 14.8. The van der Waals surface area contributed by atoms with E-state index in [1.165, 1.54) is 19.1 Å². The third-order valence-electron chi connectivity index (χ3n) is 3.90. The minimum atomic E-state index is -0.871. The predicted octanol–water partition coefficient (Wildman–Crippen LogP) is 3.87. The largest absolute Gasteiger partial charge is 0.370 e. The van der Waals surface area contributed by atoms with Gasteiger partial charge < -0.3 is 11.5 Å². The van der Waals surface area contributed by atoms with E-state index in [0.717, 1.165) is 12.1 Å². The average molecular weight is 356 g/mol. The Hall–Kier alpha value is -3.35. The molecule has 0 spiro atoms. The number of hydrogen-bond acceptors (Lipinski definition) is 2. The molecule has 0 saturated carbocycles. The van der Waals surface area contributed by atoms with Gasteiger partial charge in [-0.2, -0.15) is 0 Å². The number of fused-ring (bicyclic) bond motifs is 1. The molecule has 4 N–H and O–H groups in total. The monoisotopic (exact) mass is 356 g/mol. The lowest BCUT2D eigenvalue weighted by Gasteiger charge is -2.13. The van der Waals surface area contributed by atoms with E-state index in [4.69, 9.17) is 11.5 Å². The van der Waals surface area contributed by atoms with Gasteiger partial charge in [0.15, 0.2) is 11.8 Å². The minimum Gasteiger partial charge on any atom is -0.370 e. The summed E-state index contributed by atoms with van der Waals surface area (Å²) in [5, 5.41) is 0.224. The molecule has 4 nitrogen and oxygen atoms in total. The molecule has 0 aliphatic rings. The van der Waals surface area contributed by atoms with Crippen LogP contribution in [0.5, 0.6) is 0 Å². The molecule has 7 heteroatoms. The van der Waals surface area contributed by atoms with Crippen LogP contribution in [0, 0.1) is 24.4 Å². The second-order valence-electron chi connectivity index (χ2n) is 5.70. The molecule has 0 saturated heterocycles. The minimum absolute atomic E-state index is 0.0333. The lowest BCUT2D eigenvalue weighted by Crippen LogP contribution is -2.22. The molecule has 0 aliphatic heterocycles. The molecule has 1 aromatic heterocycles. The standard InChI is InChI=1S/C19H15F3N4/c1-9(26-19(23)24)11-6-7-15-12(8-11)16(18(22)10(2)25-15)17-13(20)4-3-5-14(17)21/h3-8H,1H2,2H3,(H4,23,24,26). The Morgan fingerprint density at radius 1 is 1.04 bits per heavy atom. The summed E-state index contributed by atoms with van der Waals surface area (Å²) >= 11 is 0. The number of nitrogens with zero attached hydrogens (tertiary/aromatic N) is 2. The molecule has 0 bridgehead atoms. The fourth-order valence-corrected chi connectivity index (χ4v) is 2.74. The molecular formula is C19H15F3N4. The van der Waals surface area contributed by atoms with Crippen LogP contribution in [-0.4, -0.2) is 10.9 Å². The molecule has 0 aliphatic carbocycles. The molecule has 3 aromatic rings. The lowest BCUT2D eigenvalue weighted by molar-refractivity contribution is 0.580. The number of aryl methyl sites for hydroxylation is 1. The number of aromatic nitrogens is 1. The van der Waals surface area contributed by atoms with Crippen LogP contribution in [0.1, 0.15) is 11.3 Å². The summed E-state index contributed by atoms with van der Waals surface area (Å²) in [4.78, 5) is 7.99. The van der Waals surface area contributed by atoms with Crippen LogP contribution in [0.2, 0.25) is 0 Å². The van der Waals surface area contributed by atoms with Gasteiger partial charge in [0.1, 0.15) is 11.6 Å². The normalized spacial score (nSPS) is 10.8. The van der Waals surface area contributed by atoms with Gasteiger partial charge in [0.25, 0.3) is 0 Å². The highest BCUT2D eigenvalue weighted by atomic mass is 19.1. The van der Waals surface area contributed by atoms with E-state index in [9.17, 15) is 13.2 Å². The third kappa shape index (κ3) is 2.99. The van der Waals surface area contributed by atoms with Gasteiger partial charge in [0, 0.05) is 16.5 Å². The maximum Gasteiger partial charge on any atom is 0.191 e. The summed E-state index contributed by atoms with van der Waals surface area (Å²) in [6, 6.07) is 8.09. The first-order chi connectivity index (χ1) is 12.3. The van der Waals surface area contributed by atoms with Gasteiger partial charge in [-0.25, -0.2) is 18.2 Å². The second-order valence-corrected chi connectivity index (χ2v) is 5.70. The van der Waals surface area contributed by atoms with Crippen molar-refractivity contribution in [2.24, 2.45) is 16.5 Å². The number of halogens is 3. The van der Waals surface area contributed by atoms with Crippen molar-refractivity contribution >= 4 is 22.6 Å². The smallest absolute Gasteiger partial charge is 0.191 e. The molecular weight excluding hydrogens is 341 g/mol. The van der Waals surface area contributed by atoms with E-state index in [1.54, 1.807) is 12.1 Å². The van der Waals surface area contributed by atoms with Crippen LogP contribution in [0.15, 0.2) is 48.0 Å². The van der Waals surface area contributed by atoms with Gasteiger partial charge in [-0.1, -0.05) is 18.7 Å². The summed E-state index contributed by atoms with van der Waals surface area (Å²) in [5.41, 5.74) is 11.1. The van der Waals surface area contributed by atoms with Gasteiger partial charge in [-0.3, -0.25) is 4.98 Å². The number of guanidine groups is 1. The molecule has 0 amide bonds. The molecule has 2 aromatic carbocycles. The molecule has 26 heavy (non-hydrogen) atoms. The topological polar surface area (TPSA) is 77.3 Å². The Bertz CT molecular complexity index is 1050. The highest BCUT2D eigenvalue weighted by molar-refractivity contribution is 5.97. The number of nitrogens with two attached hydrogens (primary N) is 2. The van der Waals surface area contributed by atoms with Crippen LogP contribution in [-0.2, 0) is 0 Å². The zero-order valence-corrected chi connectivity index (χ0v) is 13.9. The van der Waals surface area contributed by atoms with Crippen LogP contribution < -0.4 is 11.5 Å². The van der Waals surface area contributed by atoms with Crippen molar-refractivity contribution in [1.29, 1.82) is 0 Å². The van der Waals surface area contributed by atoms with Gasteiger partial charge >= 0.3 is 0 Å². The van der Waals surface area contributed by atoms with Crippen molar-refractivity contribution in [1.82, 2.24) is 4.98 Å². The van der Waals surface area contributed by atoms with Crippen molar-refractivity contribution in [3.63, 3.8) is 0 Å². The van der Waals surface area contributed by atoms with Crippen LogP contribution in [0.3, 0.4) is 0 Å². The molecule has 0 fully saturated rings. The Kier molecular flexibility index (Phi) is 4.38. The van der Waals surface area contributed by atoms with E-state index in [1.807, 2.05) is 0 Å². The Morgan fingerprint density at radius 3 is 2.31 bits per heavy atom. The Labute approximate surface area is 147 Å². The van der Waals surface area contributed by atoms with Crippen molar-refractivity contribution in [2.75, 3.05) is 0 Å². The number of aliphatic imine (C=N–C) groups is 1. The van der Waals surface area contributed by atoms with E-state index in [-0.39, 0.29) is 28.3 Å². The summed E-state index contributed by atoms with van der Waals surface area (Å²) in [6.07, 6.45) is 0. The molecule has 0 radical (unpaired) electrons. The van der Waals surface area contributed by atoms with Crippen molar-refractivity contribution in [2.45, 2.75) is 6.92 Å². The second kappa shape index (κ2) is 6.51. The highest BCUT2D eigenvalue weighted by Crippen LogP contribution is 2.36. The van der Waals surface area contributed by atoms with Crippen molar-refractivity contribution in [3.05, 3.63) is 71.7 Å². The van der Waals surface area contributed by atoms with Crippen LogP contribution in [0.4, 0.5) is 13.2 Å². The fourth-order valence-electron chi connectivity index (χ4n) is 2.74. The van der Waals surface area contributed by atoms with Gasteiger partial charge in [-0.05, 0) is 31.2 Å². The van der Waals surface area contributed by atoms with Gasteiger partial charge in [0.2, 0.25) is 0 Å². The zero-order valence-electron chi connectivity index (χ0n) is 13.9. The average Bonchev–Trinajstić information content (AvgIpc) is 2.57. The summed E-state index contributed by atoms with van der Waals surface area (Å²) < 4.78 is 43.4. The summed E-state index contributed by atoms with van der Waals surface area (Å²) in [7, 11) is 0. The lowest BCUT2D eigenvalue weighted by atomic mass is 9.96. The van der Waals surface area contributed by atoms with Crippen molar-refractivity contribution in [3.8, 4) is 11.1 Å². The molecule has 3 rings (SSSR count). The number of hydrogen-bond donors (Lipinski definition) is 2. The number of rotatable bonds is 3. The SMILES string of the molecule is C=C(N=C(N)N)c1ccc2nc(C)c(F)c(-c3c(F)cccc3F)c2c1. The van der Waals surface area contributed by atoms with E-state index < -0.39 is 23.0 Å². The van der Waals surface area contributed by atoms with E-state index in [2.05, 4.69) is 16.6 Å². The first kappa shape index (κ1) is 17.5. The first-order valence-electron chi connectivity index (χ1n) is 7.62. The molecule has 132 valence electrons. The van der Waals surface area contributed by atoms with Crippen molar-refractivity contribution < 1.29 is 13.2 Å². The predicted molar refractivity (Wildman–Crippen MR) is 96.6 cm³/mol. The zero-order chi connectivity index (χ0) is 19.0. The first-order valence-corrected chi connectivity index (χ1v) is 7.62. The molecule has 1 heterocycles. The summed E-state index contributed by atoms with van der Waals surface area (Å²) in [5.74, 6) is -2.73. The maximum absolute atomic E-state index is 14.8. The summed E-state index contributed by atoms with van der Waals surface area (Å²) in [6.45, 7) is 5.17. The van der Waals surface area contributed by atoms with Gasteiger partial charge in [0.05, 0.1) is 22.5 Å². The molecule has 0 atom stereocenters.